The summed E-state index contributed by atoms with van der Waals surface area (Å²) >= 11 is 0. The minimum atomic E-state index is -0.788. The van der Waals surface area contributed by atoms with Crippen molar-refractivity contribution in [1.29, 1.82) is 0 Å². The lowest BCUT2D eigenvalue weighted by molar-refractivity contribution is -0.145. The Labute approximate surface area is 156 Å². The molecule has 0 spiro atoms. The summed E-state index contributed by atoms with van der Waals surface area (Å²) in [5.74, 6) is -0.770. The van der Waals surface area contributed by atoms with Crippen LogP contribution in [0.3, 0.4) is 0 Å². The van der Waals surface area contributed by atoms with Crippen LogP contribution < -0.4 is 0 Å². The van der Waals surface area contributed by atoms with Gasteiger partial charge in [-0.25, -0.2) is 4.98 Å². The van der Waals surface area contributed by atoms with E-state index in [-0.39, 0.29) is 11.8 Å². The van der Waals surface area contributed by atoms with Gasteiger partial charge in [0.2, 0.25) is 0 Å². The monoisotopic (exact) mass is 364 g/mol. The number of para-hydroxylation sites is 1. The Balaban J connectivity index is 1.72. The van der Waals surface area contributed by atoms with E-state index in [0.29, 0.717) is 36.5 Å². The highest BCUT2D eigenvalue weighted by atomic mass is 16.4. The summed E-state index contributed by atoms with van der Waals surface area (Å²) in [4.78, 5) is 31.0. The number of pyridine rings is 1. The first-order valence-electron chi connectivity index (χ1n) is 9.00. The molecular weight excluding hydrogens is 344 g/mol. The lowest BCUT2D eigenvalue weighted by atomic mass is 9.86. The van der Waals surface area contributed by atoms with Crippen molar-refractivity contribution in [2.24, 2.45) is 11.8 Å². The molecule has 6 nitrogen and oxygen atoms in total. The molecule has 0 bridgehead atoms. The van der Waals surface area contributed by atoms with Gasteiger partial charge in [0.25, 0.3) is 5.91 Å². The second kappa shape index (κ2) is 6.87. The first-order valence-corrected chi connectivity index (χ1v) is 9.00. The molecule has 27 heavy (non-hydrogen) atoms. The quantitative estimate of drug-likeness (QED) is 0.766. The van der Waals surface area contributed by atoms with Gasteiger partial charge in [0.15, 0.2) is 5.76 Å². The minimum absolute atomic E-state index is 0.0853. The van der Waals surface area contributed by atoms with Crippen molar-refractivity contribution in [2.45, 2.75) is 13.3 Å². The molecule has 0 saturated carbocycles. The number of fused-ring (bicyclic) bond motifs is 1. The van der Waals surface area contributed by atoms with Crippen molar-refractivity contribution < 1.29 is 19.1 Å². The van der Waals surface area contributed by atoms with E-state index in [1.807, 2.05) is 37.3 Å². The predicted molar refractivity (Wildman–Crippen MR) is 100 cm³/mol. The molecule has 1 saturated heterocycles. The highest BCUT2D eigenvalue weighted by molar-refractivity contribution is 6.07. The molecule has 4 rings (SSSR count). The molecule has 0 radical (unpaired) electrons. The second-order valence-corrected chi connectivity index (χ2v) is 7.01. The van der Waals surface area contributed by atoms with Gasteiger partial charge >= 0.3 is 5.97 Å². The fourth-order valence-corrected chi connectivity index (χ4v) is 3.77. The minimum Gasteiger partial charge on any atom is -0.481 e. The molecule has 1 N–H and O–H groups in total. The van der Waals surface area contributed by atoms with Crippen LogP contribution >= 0.6 is 0 Å². The van der Waals surface area contributed by atoms with Crippen LogP contribution in [0.2, 0.25) is 0 Å². The fourth-order valence-electron chi connectivity index (χ4n) is 3.77. The molecule has 1 aliphatic rings. The number of aromatic nitrogens is 1. The van der Waals surface area contributed by atoms with Crippen molar-refractivity contribution >= 4 is 22.8 Å². The van der Waals surface area contributed by atoms with Gasteiger partial charge in [-0.1, -0.05) is 25.1 Å². The van der Waals surface area contributed by atoms with Crippen molar-refractivity contribution in [3.63, 3.8) is 0 Å². The maximum Gasteiger partial charge on any atom is 0.306 e. The number of aliphatic carboxylic acids is 1. The number of furan rings is 1. The van der Waals surface area contributed by atoms with Crippen molar-refractivity contribution in [2.75, 3.05) is 13.1 Å². The Hall–Kier alpha value is -3.15. The summed E-state index contributed by atoms with van der Waals surface area (Å²) in [6, 6.07) is 12.9. The normalized spacial score (nSPS) is 20.0. The molecule has 1 aliphatic heterocycles. The Morgan fingerprint density at radius 1 is 1.22 bits per heavy atom. The van der Waals surface area contributed by atoms with E-state index in [1.165, 1.54) is 0 Å². The highest BCUT2D eigenvalue weighted by Crippen LogP contribution is 2.29. The van der Waals surface area contributed by atoms with Crippen LogP contribution in [0.5, 0.6) is 0 Å². The Kier molecular flexibility index (Phi) is 4.39. The lowest BCUT2D eigenvalue weighted by Crippen LogP contribution is -2.45. The summed E-state index contributed by atoms with van der Waals surface area (Å²) in [6.07, 6.45) is 2.04. The molecular formula is C21H20N2O4. The predicted octanol–water partition coefficient (Wildman–Crippen LogP) is 3.68. The number of carbonyl (C=O) groups is 2. The number of piperidine rings is 1. The van der Waals surface area contributed by atoms with Gasteiger partial charge in [-0.05, 0) is 36.6 Å². The molecule has 2 atom stereocenters. The van der Waals surface area contributed by atoms with Gasteiger partial charge in [0.05, 0.1) is 23.3 Å². The summed E-state index contributed by atoms with van der Waals surface area (Å²) in [5.41, 5.74) is 1.90. The molecule has 2 aromatic heterocycles. The summed E-state index contributed by atoms with van der Waals surface area (Å²) in [5, 5.41) is 10.1. The van der Waals surface area contributed by atoms with Gasteiger partial charge < -0.3 is 14.4 Å². The SMILES string of the molecule is CC1CN(C(=O)c2cc(-c3ccco3)nc3ccccc23)CCC1C(=O)O. The van der Waals surface area contributed by atoms with Gasteiger partial charge in [-0.15, -0.1) is 0 Å². The molecule has 1 fully saturated rings. The van der Waals surface area contributed by atoms with Crippen LogP contribution in [-0.2, 0) is 4.79 Å². The van der Waals surface area contributed by atoms with E-state index in [9.17, 15) is 14.7 Å². The van der Waals surface area contributed by atoms with Crippen LogP contribution in [0.4, 0.5) is 0 Å². The van der Waals surface area contributed by atoms with E-state index in [2.05, 4.69) is 4.98 Å². The van der Waals surface area contributed by atoms with E-state index in [0.717, 1.165) is 10.9 Å². The standard InChI is InChI=1S/C21H20N2O4/c1-13-12-23(9-8-14(13)21(25)26)20(24)16-11-18(19-7-4-10-27-19)22-17-6-3-2-5-15(16)17/h2-7,10-11,13-14H,8-9,12H2,1H3,(H,25,26). The van der Waals surface area contributed by atoms with Gasteiger partial charge in [-0.3, -0.25) is 9.59 Å². The van der Waals surface area contributed by atoms with Crippen molar-refractivity contribution in [3.05, 3.63) is 54.3 Å². The summed E-state index contributed by atoms with van der Waals surface area (Å²) in [7, 11) is 0. The number of amides is 1. The second-order valence-electron chi connectivity index (χ2n) is 7.01. The first-order chi connectivity index (χ1) is 13.0. The number of rotatable bonds is 3. The van der Waals surface area contributed by atoms with E-state index in [4.69, 9.17) is 4.42 Å². The zero-order valence-corrected chi connectivity index (χ0v) is 15.0. The number of nitrogens with zero attached hydrogens (tertiary/aromatic N) is 2. The number of likely N-dealkylation sites (tertiary alicyclic amines) is 1. The number of benzene rings is 1. The molecule has 6 heteroatoms. The Bertz CT molecular complexity index is 997. The molecule has 1 amide bonds. The van der Waals surface area contributed by atoms with Crippen LogP contribution in [0.1, 0.15) is 23.7 Å². The summed E-state index contributed by atoms with van der Waals surface area (Å²) < 4.78 is 5.45. The lowest BCUT2D eigenvalue weighted by Gasteiger charge is -2.35. The number of carboxylic acids is 1. The Morgan fingerprint density at radius 2 is 2.04 bits per heavy atom. The van der Waals surface area contributed by atoms with Crippen LogP contribution in [0.15, 0.2) is 53.1 Å². The number of carboxylic acid groups (broad SMARTS) is 1. The Morgan fingerprint density at radius 3 is 2.74 bits per heavy atom. The average Bonchev–Trinajstić information content (AvgIpc) is 3.21. The third-order valence-corrected chi connectivity index (χ3v) is 5.23. The van der Waals surface area contributed by atoms with Crippen LogP contribution in [0, 0.1) is 11.8 Å². The van der Waals surface area contributed by atoms with Gasteiger partial charge in [0, 0.05) is 18.5 Å². The van der Waals surface area contributed by atoms with Crippen LogP contribution in [-0.4, -0.2) is 40.0 Å². The molecule has 1 aromatic carbocycles. The topological polar surface area (TPSA) is 83.6 Å². The number of hydrogen-bond donors (Lipinski definition) is 1. The van der Waals surface area contributed by atoms with E-state index in [1.54, 1.807) is 23.3 Å². The number of carbonyl (C=O) groups excluding carboxylic acids is 1. The summed E-state index contributed by atoms with van der Waals surface area (Å²) in [6.45, 7) is 2.76. The zero-order valence-electron chi connectivity index (χ0n) is 15.0. The van der Waals surface area contributed by atoms with Crippen LogP contribution in [0.25, 0.3) is 22.4 Å². The fraction of sp³-hybridized carbons (Fsp3) is 0.286. The van der Waals surface area contributed by atoms with E-state index >= 15 is 0 Å². The largest absolute Gasteiger partial charge is 0.481 e. The molecule has 0 aliphatic carbocycles. The average molecular weight is 364 g/mol. The molecule has 3 aromatic rings. The molecule has 3 heterocycles. The smallest absolute Gasteiger partial charge is 0.306 e. The van der Waals surface area contributed by atoms with E-state index < -0.39 is 11.9 Å². The maximum absolute atomic E-state index is 13.3. The molecule has 138 valence electrons. The third-order valence-electron chi connectivity index (χ3n) is 5.23. The number of hydrogen-bond acceptors (Lipinski definition) is 4. The third kappa shape index (κ3) is 3.18. The van der Waals surface area contributed by atoms with Gasteiger partial charge in [0.1, 0.15) is 5.69 Å². The first kappa shape index (κ1) is 17.3. The van der Waals surface area contributed by atoms with Crippen molar-refractivity contribution in [3.8, 4) is 11.5 Å². The highest BCUT2D eigenvalue weighted by Gasteiger charge is 2.33. The zero-order chi connectivity index (χ0) is 19.0. The maximum atomic E-state index is 13.3. The van der Waals surface area contributed by atoms with Gasteiger partial charge in [-0.2, -0.15) is 0 Å². The molecule has 2 unspecified atom stereocenters. The van der Waals surface area contributed by atoms with Crippen molar-refractivity contribution in [1.82, 2.24) is 9.88 Å².